The Labute approximate surface area is 210 Å². The van der Waals surface area contributed by atoms with Crippen molar-refractivity contribution in [3.05, 3.63) is 83.9 Å². The van der Waals surface area contributed by atoms with Gasteiger partial charge in [0.1, 0.15) is 11.0 Å². The van der Waals surface area contributed by atoms with E-state index < -0.39 is 30.7 Å². The average molecular weight is 527 g/mol. The van der Waals surface area contributed by atoms with E-state index in [1.807, 2.05) is 24.3 Å². The van der Waals surface area contributed by atoms with Gasteiger partial charge >= 0.3 is 0 Å². The number of rotatable bonds is 5. The Morgan fingerprint density at radius 3 is 2.19 bits per heavy atom. The standard InChI is InChI=1S/C26H26N2O6S2/c1-34-20-12-10-19(11-13-20)27-14-16-28(17-15-27)26(29)22-8-5-9-23-25(22)24(18-35(23,30)31)36(32,33)21-6-3-2-4-7-21/h2-13,24H,14-18H2,1H3. The number of methoxy groups -OCH3 is 1. The third-order valence-corrected chi connectivity index (χ3v) is 10.9. The van der Waals surface area contributed by atoms with Gasteiger partial charge in [-0.3, -0.25) is 4.79 Å². The fourth-order valence-corrected chi connectivity index (χ4v) is 9.23. The second-order valence-corrected chi connectivity index (χ2v) is 13.0. The summed E-state index contributed by atoms with van der Waals surface area (Å²) in [5, 5.41) is -1.33. The van der Waals surface area contributed by atoms with Crippen molar-refractivity contribution in [1.29, 1.82) is 0 Å². The van der Waals surface area contributed by atoms with Crippen molar-refractivity contribution >= 4 is 31.3 Å². The highest BCUT2D eigenvalue weighted by atomic mass is 32.2. The van der Waals surface area contributed by atoms with Gasteiger partial charge in [0.15, 0.2) is 19.7 Å². The molecule has 8 nitrogen and oxygen atoms in total. The Morgan fingerprint density at radius 2 is 1.56 bits per heavy atom. The van der Waals surface area contributed by atoms with Crippen molar-refractivity contribution in [2.45, 2.75) is 15.0 Å². The molecule has 0 radical (unpaired) electrons. The number of carbonyl (C=O) groups is 1. The highest BCUT2D eigenvalue weighted by molar-refractivity contribution is 7.96. The van der Waals surface area contributed by atoms with Crippen LogP contribution in [-0.2, 0) is 19.7 Å². The zero-order valence-electron chi connectivity index (χ0n) is 19.7. The van der Waals surface area contributed by atoms with Gasteiger partial charge in [-0.2, -0.15) is 0 Å². The SMILES string of the molecule is COc1ccc(N2CCN(C(=O)c3cccc4c3C(S(=O)(=O)c3ccccc3)CS4(=O)=O)CC2)cc1. The van der Waals surface area contributed by atoms with E-state index in [4.69, 9.17) is 4.74 Å². The van der Waals surface area contributed by atoms with Crippen LogP contribution in [0, 0.1) is 0 Å². The minimum atomic E-state index is -4.03. The quantitative estimate of drug-likeness (QED) is 0.504. The van der Waals surface area contributed by atoms with Gasteiger partial charge in [-0.1, -0.05) is 24.3 Å². The fourth-order valence-electron chi connectivity index (χ4n) is 4.86. The molecule has 2 heterocycles. The molecule has 3 aromatic rings. The van der Waals surface area contributed by atoms with Gasteiger partial charge in [-0.05, 0) is 48.5 Å². The lowest BCUT2D eigenvalue weighted by molar-refractivity contribution is 0.0745. The van der Waals surface area contributed by atoms with Gasteiger partial charge in [-0.25, -0.2) is 16.8 Å². The molecule has 1 unspecified atom stereocenters. The fraction of sp³-hybridized carbons (Fsp3) is 0.269. The number of carbonyl (C=O) groups excluding carboxylic acids is 1. The highest BCUT2D eigenvalue weighted by Crippen LogP contribution is 2.43. The van der Waals surface area contributed by atoms with Crippen LogP contribution in [0.3, 0.4) is 0 Å². The van der Waals surface area contributed by atoms with Crippen LogP contribution >= 0.6 is 0 Å². The van der Waals surface area contributed by atoms with Crippen LogP contribution < -0.4 is 9.64 Å². The summed E-state index contributed by atoms with van der Waals surface area (Å²) < 4.78 is 58.0. The molecular weight excluding hydrogens is 500 g/mol. The number of hydrogen-bond donors (Lipinski definition) is 0. The van der Waals surface area contributed by atoms with Crippen LogP contribution in [0.2, 0.25) is 0 Å². The first-order chi connectivity index (χ1) is 17.2. The smallest absolute Gasteiger partial charge is 0.254 e. The second kappa shape index (κ2) is 9.25. The van der Waals surface area contributed by atoms with Crippen LogP contribution in [0.5, 0.6) is 5.75 Å². The van der Waals surface area contributed by atoms with Crippen molar-refractivity contribution in [2.75, 3.05) is 43.9 Å². The molecule has 0 spiro atoms. The first kappa shape index (κ1) is 24.3. The van der Waals surface area contributed by atoms with Crippen molar-refractivity contribution in [2.24, 2.45) is 0 Å². The predicted octanol–water partition coefficient (Wildman–Crippen LogP) is 2.96. The number of fused-ring (bicyclic) bond motifs is 1. The molecule has 1 saturated heterocycles. The topological polar surface area (TPSA) is 101 Å². The van der Waals surface area contributed by atoms with Gasteiger partial charge in [0.2, 0.25) is 0 Å². The molecule has 1 amide bonds. The van der Waals surface area contributed by atoms with E-state index in [-0.39, 0.29) is 26.8 Å². The second-order valence-electron chi connectivity index (χ2n) is 8.82. The Hall–Kier alpha value is -3.37. The summed E-state index contributed by atoms with van der Waals surface area (Å²) in [7, 11) is -6.27. The van der Waals surface area contributed by atoms with Crippen LogP contribution in [0.1, 0.15) is 21.2 Å². The summed E-state index contributed by atoms with van der Waals surface area (Å²) in [5.74, 6) is -0.165. The molecule has 36 heavy (non-hydrogen) atoms. The van der Waals surface area contributed by atoms with Gasteiger partial charge < -0.3 is 14.5 Å². The van der Waals surface area contributed by atoms with Crippen LogP contribution in [0.4, 0.5) is 5.69 Å². The minimum Gasteiger partial charge on any atom is -0.497 e. The molecule has 0 aromatic heterocycles. The number of anilines is 1. The monoisotopic (exact) mass is 526 g/mol. The largest absolute Gasteiger partial charge is 0.497 e. The molecule has 0 saturated carbocycles. The lowest BCUT2D eigenvalue weighted by Gasteiger charge is -2.36. The van der Waals surface area contributed by atoms with E-state index in [9.17, 15) is 21.6 Å². The van der Waals surface area contributed by atoms with Crippen molar-refractivity contribution in [3.8, 4) is 5.75 Å². The molecule has 3 aromatic carbocycles. The van der Waals surface area contributed by atoms with E-state index in [1.54, 1.807) is 30.2 Å². The predicted molar refractivity (Wildman–Crippen MR) is 136 cm³/mol. The number of ether oxygens (including phenoxy) is 1. The summed E-state index contributed by atoms with van der Waals surface area (Å²) in [5.41, 5.74) is 1.24. The number of amides is 1. The maximum Gasteiger partial charge on any atom is 0.254 e. The molecule has 1 atom stereocenters. The summed E-state index contributed by atoms with van der Waals surface area (Å²) in [6.07, 6.45) is 0. The third kappa shape index (κ3) is 4.24. The Bertz CT molecular complexity index is 1500. The summed E-state index contributed by atoms with van der Waals surface area (Å²) in [6.45, 7) is 2.04. The lowest BCUT2D eigenvalue weighted by Crippen LogP contribution is -2.49. The Balaban J connectivity index is 1.43. The maximum absolute atomic E-state index is 13.6. The minimum absolute atomic E-state index is 0.0356. The summed E-state index contributed by atoms with van der Waals surface area (Å²) in [4.78, 5) is 17.4. The number of nitrogens with zero attached hydrogens (tertiary/aromatic N) is 2. The van der Waals surface area contributed by atoms with Crippen molar-refractivity contribution < 1.29 is 26.4 Å². The van der Waals surface area contributed by atoms with Gasteiger partial charge in [-0.15, -0.1) is 0 Å². The number of sulfone groups is 2. The van der Waals surface area contributed by atoms with Crippen LogP contribution in [0.25, 0.3) is 0 Å². The molecule has 0 bridgehead atoms. The van der Waals surface area contributed by atoms with E-state index in [2.05, 4.69) is 4.90 Å². The zero-order chi connectivity index (χ0) is 25.5. The first-order valence-electron chi connectivity index (χ1n) is 11.6. The maximum atomic E-state index is 13.6. The molecule has 5 rings (SSSR count). The van der Waals surface area contributed by atoms with Gasteiger partial charge in [0, 0.05) is 43.0 Å². The molecule has 0 aliphatic carbocycles. The molecule has 2 aliphatic rings. The van der Waals surface area contributed by atoms with E-state index >= 15 is 0 Å². The van der Waals surface area contributed by atoms with Gasteiger partial charge in [0.05, 0.1) is 22.7 Å². The van der Waals surface area contributed by atoms with Crippen molar-refractivity contribution in [1.82, 2.24) is 4.90 Å². The normalized spacial score (nSPS) is 19.1. The van der Waals surface area contributed by atoms with E-state index in [0.29, 0.717) is 26.2 Å². The van der Waals surface area contributed by atoms with Crippen LogP contribution in [0.15, 0.2) is 82.6 Å². The van der Waals surface area contributed by atoms with Crippen LogP contribution in [-0.4, -0.2) is 66.7 Å². The van der Waals surface area contributed by atoms with Crippen molar-refractivity contribution in [3.63, 3.8) is 0 Å². The van der Waals surface area contributed by atoms with Gasteiger partial charge in [0.25, 0.3) is 5.91 Å². The van der Waals surface area contributed by atoms with E-state index in [0.717, 1.165) is 11.4 Å². The molecule has 10 heteroatoms. The Kier molecular flexibility index (Phi) is 6.25. The molecule has 2 aliphatic heterocycles. The molecule has 0 N–H and O–H groups in total. The first-order valence-corrected chi connectivity index (χ1v) is 14.7. The summed E-state index contributed by atoms with van der Waals surface area (Å²) in [6, 6.07) is 19.9. The number of piperazine rings is 1. The molecule has 188 valence electrons. The van der Waals surface area contributed by atoms with E-state index in [1.165, 1.54) is 30.3 Å². The Morgan fingerprint density at radius 1 is 0.889 bits per heavy atom. The number of benzene rings is 3. The average Bonchev–Trinajstić information content (AvgIpc) is 3.20. The zero-order valence-corrected chi connectivity index (χ0v) is 21.3. The molecule has 1 fully saturated rings. The third-order valence-electron chi connectivity index (χ3n) is 6.78. The highest BCUT2D eigenvalue weighted by Gasteiger charge is 2.45. The molecular formula is C26H26N2O6S2. The number of hydrogen-bond acceptors (Lipinski definition) is 7. The lowest BCUT2D eigenvalue weighted by atomic mass is 10.0. The summed E-state index contributed by atoms with van der Waals surface area (Å²) >= 11 is 0.